The Balaban J connectivity index is 1.54. The summed E-state index contributed by atoms with van der Waals surface area (Å²) in [6.07, 6.45) is 4.35. The van der Waals surface area contributed by atoms with E-state index in [4.69, 9.17) is 4.74 Å². The predicted octanol–water partition coefficient (Wildman–Crippen LogP) is 4.89. The number of carbonyl (C=O) groups excluding carboxylic acids is 2. The van der Waals surface area contributed by atoms with E-state index in [1.165, 1.54) is 28.9 Å². The Morgan fingerprint density at radius 3 is 2.71 bits per heavy atom. The summed E-state index contributed by atoms with van der Waals surface area (Å²) in [5.41, 5.74) is 1.18. The number of alkyl halides is 2. The van der Waals surface area contributed by atoms with Gasteiger partial charge in [0.05, 0.1) is 19.3 Å². The SMILES string of the molecule is COC(=O)c1ccc(CCCN2C(=O)C(F)(F)C[C@@H]2C=C[C@H](O)[C@@H](C)CCc2ccccc2)s1. The molecule has 3 rings (SSSR count). The number of rotatable bonds is 11. The van der Waals surface area contributed by atoms with Crippen molar-refractivity contribution < 1.29 is 28.2 Å². The summed E-state index contributed by atoms with van der Waals surface area (Å²) >= 11 is 1.30. The lowest BCUT2D eigenvalue weighted by molar-refractivity contribution is -0.148. The number of esters is 1. The Labute approximate surface area is 203 Å². The number of halogens is 2. The van der Waals surface area contributed by atoms with Gasteiger partial charge in [0.2, 0.25) is 0 Å². The molecule has 8 heteroatoms. The quantitative estimate of drug-likeness (QED) is 0.359. The van der Waals surface area contributed by atoms with Crippen LogP contribution in [-0.4, -0.2) is 53.6 Å². The minimum Gasteiger partial charge on any atom is -0.465 e. The molecule has 184 valence electrons. The smallest absolute Gasteiger partial charge is 0.348 e. The molecule has 5 nitrogen and oxygen atoms in total. The van der Waals surface area contributed by atoms with Crippen molar-refractivity contribution in [3.8, 4) is 0 Å². The van der Waals surface area contributed by atoms with Gasteiger partial charge in [-0.1, -0.05) is 49.4 Å². The highest BCUT2D eigenvalue weighted by molar-refractivity contribution is 7.13. The number of hydrogen-bond donors (Lipinski definition) is 1. The number of aliphatic hydroxyl groups is 1. The summed E-state index contributed by atoms with van der Waals surface area (Å²) in [4.78, 5) is 26.5. The predicted molar refractivity (Wildman–Crippen MR) is 128 cm³/mol. The largest absolute Gasteiger partial charge is 0.465 e. The molecule has 0 unspecified atom stereocenters. The third-order valence-corrected chi connectivity index (χ3v) is 7.28. The van der Waals surface area contributed by atoms with Gasteiger partial charge in [-0.2, -0.15) is 8.78 Å². The number of nitrogens with zero attached hydrogens (tertiary/aromatic N) is 1. The molecule has 0 spiro atoms. The Kier molecular flexibility index (Phi) is 8.97. The number of benzene rings is 1. The van der Waals surface area contributed by atoms with Crippen LogP contribution in [0.4, 0.5) is 8.78 Å². The zero-order chi connectivity index (χ0) is 24.7. The molecule has 1 fully saturated rings. The minimum absolute atomic E-state index is 0.0506. The Morgan fingerprint density at radius 1 is 1.26 bits per heavy atom. The minimum atomic E-state index is -3.40. The average molecular weight is 492 g/mol. The van der Waals surface area contributed by atoms with Crippen molar-refractivity contribution >= 4 is 23.2 Å². The van der Waals surface area contributed by atoms with E-state index >= 15 is 0 Å². The molecule has 1 amide bonds. The van der Waals surface area contributed by atoms with E-state index in [1.54, 1.807) is 18.2 Å². The standard InChI is InChI=1S/C26H31F2NO4S/c1-18(10-11-19-7-4-3-5-8-19)22(30)14-12-20-17-26(27,28)25(32)29(20)16-6-9-21-13-15-23(34-21)24(31)33-2/h3-5,7-8,12-15,18,20,22,30H,6,9-11,16-17H2,1-2H3/t18-,20-,22-/m0/s1. The van der Waals surface area contributed by atoms with E-state index < -0.39 is 36.4 Å². The van der Waals surface area contributed by atoms with Gasteiger partial charge in [-0.25, -0.2) is 4.79 Å². The van der Waals surface area contributed by atoms with Crippen LogP contribution in [0.3, 0.4) is 0 Å². The van der Waals surface area contributed by atoms with Gasteiger partial charge in [0.1, 0.15) is 4.88 Å². The molecule has 1 aromatic carbocycles. The third-order valence-electron chi connectivity index (χ3n) is 6.15. The fraction of sp³-hybridized carbons (Fsp3) is 0.462. The van der Waals surface area contributed by atoms with Gasteiger partial charge >= 0.3 is 11.9 Å². The number of hydrogen-bond acceptors (Lipinski definition) is 5. The number of likely N-dealkylation sites (tertiary alicyclic amines) is 1. The molecule has 1 saturated heterocycles. The van der Waals surface area contributed by atoms with E-state index in [2.05, 4.69) is 0 Å². The Hall–Kier alpha value is -2.58. The van der Waals surface area contributed by atoms with Crippen LogP contribution in [0.2, 0.25) is 0 Å². The molecule has 34 heavy (non-hydrogen) atoms. The summed E-state index contributed by atoms with van der Waals surface area (Å²) < 4.78 is 33.0. The zero-order valence-electron chi connectivity index (χ0n) is 19.5. The average Bonchev–Trinajstić information content (AvgIpc) is 3.39. The summed E-state index contributed by atoms with van der Waals surface area (Å²) in [6.45, 7) is 2.10. The number of carbonyl (C=O) groups is 2. The molecule has 0 saturated carbocycles. The zero-order valence-corrected chi connectivity index (χ0v) is 20.3. The van der Waals surface area contributed by atoms with Crippen molar-refractivity contribution in [2.45, 2.75) is 57.1 Å². The van der Waals surface area contributed by atoms with Gasteiger partial charge in [0, 0.05) is 17.8 Å². The van der Waals surface area contributed by atoms with Crippen LogP contribution in [0.1, 0.15) is 46.3 Å². The molecule has 2 heterocycles. The maximum absolute atomic E-state index is 14.2. The molecular formula is C26H31F2NO4S. The molecule has 1 N–H and O–H groups in total. The van der Waals surface area contributed by atoms with E-state index in [0.29, 0.717) is 17.7 Å². The van der Waals surface area contributed by atoms with Crippen molar-refractivity contribution in [1.82, 2.24) is 4.90 Å². The number of thiophene rings is 1. The molecule has 3 atom stereocenters. The van der Waals surface area contributed by atoms with Crippen LogP contribution in [-0.2, 0) is 22.4 Å². The van der Waals surface area contributed by atoms with Crippen LogP contribution >= 0.6 is 11.3 Å². The first-order valence-electron chi connectivity index (χ1n) is 11.5. The molecule has 1 aliphatic heterocycles. The highest BCUT2D eigenvalue weighted by Gasteiger charge is 2.52. The first-order chi connectivity index (χ1) is 16.2. The molecule has 0 radical (unpaired) electrons. The highest BCUT2D eigenvalue weighted by atomic mass is 32.1. The maximum Gasteiger partial charge on any atom is 0.348 e. The number of methoxy groups -OCH3 is 1. The molecular weight excluding hydrogens is 460 g/mol. The van der Waals surface area contributed by atoms with Crippen molar-refractivity contribution in [2.24, 2.45) is 5.92 Å². The lowest BCUT2D eigenvalue weighted by Crippen LogP contribution is -2.36. The van der Waals surface area contributed by atoms with Crippen molar-refractivity contribution in [3.05, 3.63) is 69.9 Å². The summed E-state index contributed by atoms with van der Waals surface area (Å²) in [5, 5.41) is 10.5. The van der Waals surface area contributed by atoms with E-state index in [-0.39, 0.29) is 12.5 Å². The van der Waals surface area contributed by atoms with Crippen LogP contribution in [0.5, 0.6) is 0 Å². The number of amides is 1. The van der Waals surface area contributed by atoms with Gasteiger partial charge in [-0.15, -0.1) is 11.3 Å². The summed E-state index contributed by atoms with van der Waals surface area (Å²) in [6, 6.07) is 12.7. The second-order valence-electron chi connectivity index (χ2n) is 8.71. The third kappa shape index (κ3) is 6.73. The second-order valence-corrected chi connectivity index (χ2v) is 9.88. The van der Waals surface area contributed by atoms with E-state index in [0.717, 1.165) is 17.7 Å². The lowest BCUT2D eigenvalue weighted by atomic mass is 9.95. The number of ether oxygens (including phenoxy) is 1. The van der Waals surface area contributed by atoms with Crippen LogP contribution < -0.4 is 0 Å². The van der Waals surface area contributed by atoms with Gasteiger partial charge in [0.25, 0.3) is 5.91 Å². The molecule has 2 aromatic rings. The second kappa shape index (κ2) is 11.7. The first kappa shape index (κ1) is 26.0. The van der Waals surface area contributed by atoms with Crippen LogP contribution in [0.25, 0.3) is 0 Å². The van der Waals surface area contributed by atoms with Gasteiger partial charge in [0.15, 0.2) is 0 Å². The molecule has 0 bridgehead atoms. The number of aliphatic hydroxyl groups excluding tert-OH is 1. The topological polar surface area (TPSA) is 66.8 Å². The summed E-state index contributed by atoms with van der Waals surface area (Å²) in [5.74, 6) is -5.03. The van der Waals surface area contributed by atoms with Gasteiger partial charge < -0.3 is 14.7 Å². The molecule has 1 aliphatic rings. The molecule has 1 aromatic heterocycles. The fourth-order valence-corrected chi connectivity index (χ4v) is 5.02. The Bertz CT molecular complexity index is 992. The van der Waals surface area contributed by atoms with Crippen molar-refractivity contribution in [2.75, 3.05) is 13.7 Å². The number of aryl methyl sites for hydroxylation is 2. The van der Waals surface area contributed by atoms with Crippen LogP contribution in [0, 0.1) is 5.92 Å². The van der Waals surface area contributed by atoms with Crippen molar-refractivity contribution in [1.29, 1.82) is 0 Å². The first-order valence-corrected chi connectivity index (χ1v) is 12.3. The van der Waals surface area contributed by atoms with Crippen LogP contribution in [0.15, 0.2) is 54.6 Å². The lowest BCUT2D eigenvalue weighted by Gasteiger charge is -2.22. The van der Waals surface area contributed by atoms with Crippen molar-refractivity contribution in [3.63, 3.8) is 0 Å². The molecule has 0 aliphatic carbocycles. The maximum atomic E-state index is 14.2. The fourth-order valence-electron chi connectivity index (χ4n) is 4.05. The normalized spacial score (nSPS) is 19.5. The van der Waals surface area contributed by atoms with E-state index in [1.807, 2.05) is 43.3 Å². The van der Waals surface area contributed by atoms with E-state index in [9.17, 15) is 23.5 Å². The highest BCUT2D eigenvalue weighted by Crippen LogP contribution is 2.34. The summed E-state index contributed by atoms with van der Waals surface area (Å²) in [7, 11) is 1.32. The monoisotopic (exact) mass is 491 g/mol. The Morgan fingerprint density at radius 2 is 2.00 bits per heavy atom. The van der Waals surface area contributed by atoms with Gasteiger partial charge in [-0.05, 0) is 49.3 Å². The van der Waals surface area contributed by atoms with Gasteiger partial charge in [-0.3, -0.25) is 4.79 Å².